The molecule has 1 fully saturated rings. The zero-order valence-electron chi connectivity index (χ0n) is 12.6. The van der Waals surface area contributed by atoms with Gasteiger partial charge in [-0.25, -0.2) is 0 Å². The fraction of sp³-hybridized carbons (Fsp3) is 0.278. The maximum atomic E-state index is 12.6. The lowest BCUT2D eigenvalue weighted by Gasteiger charge is -2.32. The van der Waals surface area contributed by atoms with Gasteiger partial charge in [-0.15, -0.1) is 0 Å². The largest absolute Gasteiger partial charge is 0.336 e. The topological polar surface area (TPSA) is 23.6 Å². The number of carbonyl (C=O) groups excluding carboxylic acids is 1. The summed E-state index contributed by atoms with van der Waals surface area (Å²) in [4.78, 5) is 16.8. The van der Waals surface area contributed by atoms with Crippen molar-refractivity contribution in [3.05, 3.63) is 59.1 Å². The minimum absolute atomic E-state index is 0.108. The second kappa shape index (κ2) is 6.51. The number of halogens is 1. The molecule has 2 aromatic rings. The van der Waals surface area contributed by atoms with Crippen LogP contribution in [-0.4, -0.2) is 48.9 Å². The Labute approximate surface area is 136 Å². The van der Waals surface area contributed by atoms with Crippen LogP contribution >= 0.6 is 11.6 Å². The number of hydrogen-bond acceptors (Lipinski definition) is 2. The first-order chi connectivity index (χ1) is 10.6. The highest BCUT2D eigenvalue weighted by molar-refractivity contribution is 6.30. The van der Waals surface area contributed by atoms with Crippen molar-refractivity contribution < 1.29 is 4.79 Å². The van der Waals surface area contributed by atoms with Crippen molar-refractivity contribution in [1.29, 1.82) is 0 Å². The Morgan fingerprint density at radius 3 is 2.27 bits per heavy atom. The summed E-state index contributed by atoms with van der Waals surface area (Å²) in [6.07, 6.45) is 0. The maximum Gasteiger partial charge on any atom is 0.253 e. The molecule has 0 aliphatic carbocycles. The molecule has 114 valence electrons. The number of hydrogen-bond donors (Lipinski definition) is 0. The Bertz CT molecular complexity index is 678. The minimum atomic E-state index is 0.108. The van der Waals surface area contributed by atoms with E-state index in [1.807, 2.05) is 53.4 Å². The van der Waals surface area contributed by atoms with Crippen molar-refractivity contribution in [2.45, 2.75) is 0 Å². The Balaban J connectivity index is 1.83. The van der Waals surface area contributed by atoms with Crippen LogP contribution in [0.1, 0.15) is 10.4 Å². The Hall–Kier alpha value is -1.84. The minimum Gasteiger partial charge on any atom is -0.336 e. The molecule has 0 N–H and O–H groups in total. The Morgan fingerprint density at radius 2 is 1.59 bits per heavy atom. The molecule has 1 heterocycles. The van der Waals surface area contributed by atoms with Gasteiger partial charge in [-0.05, 0) is 42.4 Å². The van der Waals surface area contributed by atoms with E-state index in [4.69, 9.17) is 11.6 Å². The van der Waals surface area contributed by atoms with Crippen LogP contribution in [0.25, 0.3) is 11.1 Å². The van der Waals surface area contributed by atoms with Gasteiger partial charge in [0.15, 0.2) is 0 Å². The Kier molecular flexibility index (Phi) is 4.46. The predicted octanol–water partition coefficient (Wildman–Crippen LogP) is 3.39. The average molecular weight is 315 g/mol. The van der Waals surface area contributed by atoms with E-state index < -0.39 is 0 Å². The molecule has 0 aromatic heterocycles. The van der Waals surface area contributed by atoms with Gasteiger partial charge in [0.25, 0.3) is 5.91 Å². The highest BCUT2D eigenvalue weighted by atomic mass is 35.5. The van der Waals surface area contributed by atoms with Gasteiger partial charge in [-0.2, -0.15) is 0 Å². The van der Waals surface area contributed by atoms with E-state index in [-0.39, 0.29) is 5.91 Å². The van der Waals surface area contributed by atoms with E-state index in [0.29, 0.717) is 5.02 Å². The van der Waals surface area contributed by atoms with Crippen molar-refractivity contribution in [2.24, 2.45) is 0 Å². The van der Waals surface area contributed by atoms with E-state index >= 15 is 0 Å². The molecule has 0 spiro atoms. The number of nitrogens with zero attached hydrogens (tertiary/aromatic N) is 2. The third kappa shape index (κ3) is 3.32. The zero-order valence-corrected chi connectivity index (χ0v) is 13.4. The first kappa shape index (κ1) is 15.1. The summed E-state index contributed by atoms with van der Waals surface area (Å²) in [5.41, 5.74) is 2.78. The molecule has 1 aliphatic heterocycles. The predicted molar refractivity (Wildman–Crippen MR) is 90.3 cm³/mol. The standard InChI is InChI=1S/C18H19ClN2O/c1-20-8-10-21(11-9-20)18(22)16-6-2-4-14(12-16)15-5-3-7-17(19)13-15/h2-7,12-13H,8-11H2,1H3. The highest BCUT2D eigenvalue weighted by Gasteiger charge is 2.20. The number of rotatable bonds is 2. The fourth-order valence-electron chi connectivity index (χ4n) is 2.69. The smallest absolute Gasteiger partial charge is 0.253 e. The number of likely N-dealkylation sites (N-methyl/N-ethyl adjacent to an activating group) is 1. The molecule has 0 bridgehead atoms. The monoisotopic (exact) mass is 314 g/mol. The lowest BCUT2D eigenvalue weighted by Crippen LogP contribution is -2.47. The molecule has 3 rings (SSSR count). The van der Waals surface area contributed by atoms with Gasteiger partial charge in [0.2, 0.25) is 0 Å². The SMILES string of the molecule is CN1CCN(C(=O)c2cccc(-c3cccc(Cl)c3)c2)CC1. The quantitative estimate of drug-likeness (QED) is 0.848. The second-order valence-corrected chi connectivity index (χ2v) is 6.12. The molecule has 0 unspecified atom stereocenters. The van der Waals surface area contributed by atoms with Gasteiger partial charge in [0.1, 0.15) is 0 Å². The molecular weight excluding hydrogens is 296 g/mol. The molecule has 2 aromatic carbocycles. The van der Waals surface area contributed by atoms with E-state index in [0.717, 1.165) is 42.9 Å². The van der Waals surface area contributed by atoms with Crippen LogP contribution in [0, 0.1) is 0 Å². The van der Waals surface area contributed by atoms with Crippen molar-refractivity contribution in [1.82, 2.24) is 9.80 Å². The summed E-state index contributed by atoms with van der Waals surface area (Å²) in [6, 6.07) is 15.5. The first-order valence-corrected chi connectivity index (χ1v) is 7.85. The molecule has 1 saturated heterocycles. The van der Waals surface area contributed by atoms with Gasteiger partial charge < -0.3 is 9.80 Å². The van der Waals surface area contributed by atoms with E-state index in [9.17, 15) is 4.79 Å². The molecule has 3 nitrogen and oxygen atoms in total. The lowest BCUT2D eigenvalue weighted by molar-refractivity contribution is 0.0664. The van der Waals surface area contributed by atoms with Crippen molar-refractivity contribution >= 4 is 17.5 Å². The summed E-state index contributed by atoms with van der Waals surface area (Å²) in [5.74, 6) is 0.108. The zero-order chi connectivity index (χ0) is 15.5. The fourth-order valence-corrected chi connectivity index (χ4v) is 2.88. The van der Waals surface area contributed by atoms with E-state index in [1.54, 1.807) is 0 Å². The van der Waals surface area contributed by atoms with Crippen LogP contribution in [-0.2, 0) is 0 Å². The van der Waals surface area contributed by atoms with Crippen molar-refractivity contribution in [3.8, 4) is 11.1 Å². The molecule has 0 saturated carbocycles. The Morgan fingerprint density at radius 1 is 0.955 bits per heavy atom. The second-order valence-electron chi connectivity index (χ2n) is 5.69. The van der Waals surface area contributed by atoms with Gasteiger partial charge in [-0.1, -0.05) is 35.9 Å². The van der Waals surface area contributed by atoms with Crippen LogP contribution in [0.2, 0.25) is 5.02 Å². The number of piperazine rings is 1. The van der Waals surface area contributed by atoms with Gasteiger partial charge in [0.05, 0.1) is 0 Å². The molecular formula is C18H19ClN2O. The van der Waals surface area contributed by atoms with Gasteiger partial charge in [0, 0.05) is 36.8 Å². The summed E-state index contributed by atoms with van der Waals surface area (Å²) < 4.78 is 0. The summed E-state index contributed by atoms with van der Waals surface area (Å²) in [7, 11) is 2.08. The number of benzene rings is 2. The van der Waals surface area contributed by atoms with Crippen LogP contribution in [0.3, 0.4) is 0 Å². The molecule has 0 atom stereocenters. The highest BCUT2D eigenvalue weighted by Crippen LogP contribution is 2.24. The van der Waals surface area contributed by atoms with E-state index in [1.165, 1.54) is 0 Å². The third-order valence-corrected chi connectivity index (χ3v) is 4.29. The summed E-state index contributed by atoms with van der Waals surface area (Å²) >= 11 is 6.05. The summed E-state index contributed by atoms with van der Waals surface area (Å²) in [5, 5.41) is 0.702. The first-order valence-electron chi connectivity index (χ1n) is 7.47. The van der Waals surface area contributed by atoms with E-state index in [2.05, 4.69) is 11.9 Å². The molecule has 4 heteroatoms. The average Bonchev–Trinajstić information content (AvgIpc) is 2.55. The normalized spacial score (nSPS) is 15.8. The number of carbonyl (C=O) groups is 1. The summed E-state index contributed by atoms with van der Waals surface area (Å²) in [6.45, 7) is 3.44. The van der Waals surface area contributed by atoms with Crippen LogP contribution in [0.5, 0.6) is 0 Å². The van der Waals surface area contributed by atoms with Crippen molar-refractivity contribution in [2.75, 3.05) is 33.2 Å². The molecule has 22 heavy (non-hydrogen) atoms. The van der Waals surface area contributed by atoms with Gasteiger partial charge >= 0.3 is 0 Å². The lowest BCUT2D eigenvalue weighted by atomic mass is 10.0. The molecule has 1 amide bonds. The third-order valence-electron chi connectivity index (χ3n) is 4.06. The van der Waals surface area contributed by atoms with Crippen LogP contribution < -0.4 is 0 Å². The number of amides is 1. The van der Waals surface area contributed by atoms with Gasteiger partial charge in [-0.3, -0.25) is 4.79 Å². The van der Waals surface area contributed by atoms with Crippen LogP contribution in [0.15, 0.2) is 48.5 Å². The maximum absolute atomic E-state index is 12.6. The van der Waals surface area contributed by atoms with Crippen LogP contribution in [0.4, 0.5) is 0 Å². The molecule has 0 radical (unpaired) electrons. The van der Waals surface area contributed by atoms with Crippen molar-refractivity contribution in [3.63, 3.8) is 0 Å². The molecule has 1 aliphatic rings.